The minimum Gasteiger partial charge on any atom is -0.309 e. The van der Waals surface area contributed by atoms with Crippen molar-refractivity contribution in [3.05, 3.63) is 77.1 Å². The van der Waals surface area contributed by atoms with Gasteiger partial charge in [-0.05, 0) is 49.1 Å². The highest BCUT2D eigenvalue weighted by atomic mass is 16.1. The maximum Gasteiger partial charge on any atom is 0.225 e. The smallest absolute Gasteiger partial charge is 0.225 e. The average Bonchev–Trinajstić information content (AvgIpc) is 2.86. The lowest BCUT2D eigenvalue weighted by atomic mass is 9.85. The van der Waals surface area contributed by atoms with Crippen LogP contribution in [0.2, 0.25) is 0 Å². The predicted molar refractivity (Wildman–Crippen MR) is 133 cm³/mol. The van der Waals surface area contributed by atoms with Crippen LogP contribution in [0.1, 0.15) is 67.5 Å². The summed E-state index contributed by atoms with van der Waals surface area (Å²) >= 11 is 0. The van der Waals surface area contributed by atoms with Gasteiger partial charge in [0.1, 0.15) is 0 Å². The van der Waals surface area contributed by atoms with Gasteiger partial charge < -0.3 is 5.32 Å². The van der Waals surface area contributed by atoms with Crippen LogP contribution in [0.5, 0.6) is 0 Å². The molecule has 5 rings (SSSR count). The molecule has 3 aromatic rings. The average molecular weight is 440 g/mol. The van der Waals surface area contributed by atoms with Crippen molar-refractivity contribution in [2.45, 2.75) is 70.6 Å². The van der Waals surface area contributed by atoms with Crippen LogP contribution in [0.15, 0.2) is 54.6 Å². The van der Waals surface area contributed by atoms with E-state index in [0.29, 0.717) is 18.2 Å². The van der Waals surface area contributed by atoms with Crippen molar-refractivity contribution in [1.29, 1.82) is 0 Å². The first-order chi connectivity index (χ1) is 16.3. The molecule has 2 aliphatic rings. The molecule has 0 saturated heterocycles. The fraction of sp³-hybridized carbons (Fsp3) is 0.414. The molecule has 1 saturated carbocycles. The van der Waals surface area contributed by atoms with Gasteiger partial charge in [0.2, 0.25) is 5.91 Å². The van der Waals surface area contributed by atoms with Crippen molar-refractivity contribution < 1.29 is 4.79 Å². The molecule has 0 radical (unpaired) electrons. The summed E-state index contributed by atoms with van der Waals surface area (Å²) in [6.45, 7) is 0. The van der Waals surface area contributed by atoms with Crippen molar-refractivity contribution >= 4 is 11.7 Å². The molecule has 0 unspecified atom stereocenters. The van der Waals surface area contributed by atoms with Gasteiger partial charge in [-0.3, -0.25) is 4.79 Å². The van der Waals surface area contributed by atoms with Crippen molar-refractivity contribution in [3.63, 3.8) is 0 Å². The standard InChI is InChI=1S/C29H33N3O/c33-27(17-9-14-21-10-3-1-4-11-21)32-29-26(20-22-12-5-2-6-13-22)30-28-24-16-8-7-15-23(24)18-19-25(28)31-29/h1,3-4,7-8,10-11,15-16,22H,2,5-6,9,12-14,17-20H2,(H,31,32,33). The lowest BCUT2D eigenvalue weighted by Crippen LogP contribution is -2.20. The molecule has 1 fully saturated rings. The molecule has 0 bridgehead atoms. The Hall–Kier alpha value is -3.01. The SMILES string of the molecule is O=C(CCCc1ccccc1)Nc1nc2c(nc1CC1CCCCC1)-c1ccccc1CC2. The number of hydrogen-bond acceptors (Lipinski definition) is 3. The van der Waals surface area contributed by atoms with Crippen LogP contribution in [0.4, 0.5) is 5.82 Å². The topological polar surface area (TPSA) is 54.9 Å². The van der Waals surface area contributed by atoms with E-state index in [2.05, 4.69) is 41.7 Å². The van der Waals surface area contributed by atoms with Gasteiger partial charge in [-0.15, -0.1) is 0 Å². The number of aromatic nitrogens is 2. The van der Waals surface area contributed by atoms with E-state index in [9.17, 15) is 4.79 Å². The monoisotopic (exact) mass is 439 g/mol. The molecule has 0 spiro atoms. The largest absolute Gasteiger partial charge is 0.309 e. The Morgan fingerprint density at radius 1 is 0.909 bits per heavy atom. The highest BCUT2D eigenvalue weighted by Gasteiger charge is 2.24. The molecule has 4 nitrogen and oxygen atoms in total. The van der Waals surface area contributed by atoms with Crippen LogP contribution >= 0.6 is 0 Å². The third kappa shape index (κ3) is 5.32. The number of nitrogens with one attached hydrogen (secondary N) is 1. The molecular formula is C29H33N3O. The van der Waals surface area contributed by atoms with Gasteiger partial charge in [-0.1, -0.05) is 86.7 Å². The zero-order valence-electron chi connectivity index (χ0n) is 19.4. The number of fused-ring (bicyclic) bond motifs is 3. The number of carbonyl (C=O) groups excluding carboxylic acids is 1. The second kappa shape index (κ2) is 10.3. The first kappa shape index (κ1) is 21.8. The number of nitrogens with zero attached hydrogens (tertiary/aromatic N) is 2. The van der Waals surface area contributed by atoms with Gasteiger partial charge in [-0.2, -0.15) is 0 Å². The number of hydrogen-bond donors (Lipinski definition) is 1. The van der Waals surface area contributed by atoms with E-state index in [1.807, 2.05) is 18.2 Å². The molecule has 1 heterocycles. The summed E-state index contributed by atoms with van der Waals surface area (Å²) in [4.78, 5) is 23.0. The summed E-state index contributed by atoms with van der Waals surface area (Å²) in [6, 6.07) is 18.9. The summed E-state index contributed by atoms with van der Waals surface area (Å²) in [5, 5.41) is 3.15. The Morgan fingerprint density at radius 2 is 1.70 bits per heavy atom. The first-order valence-electron chi connectivity index (χ1n) is 12.6. The minimum absolute atomic E-state index is 0.0429. The number of aryl methyl sites for hydroxylation is 3. The van der Waals surface area contributed by atoms with Crippen LogP contribution < -0.4 is 5.32 Å². The van der Waals surface area contributed by atoms with E-state index >= 15 is 0 Å². The van der Waals surface area contributed by atoms with E-state index in [-0.39, 0.29) is 5.91 Å². The Labute approximate surface area is 196 Å². The van der Waals surface area contributed by atoms with Crippen LogP contribution in [0.3, 0.4) is 0 Å². The number of carbonyl (C=O) groups is 1. The Morgan fingerprint density at radius 3 is 2.55 bits per heavy atom. The number of rotatable bonds is 7. The van der Waals surface area contributed by atoms with Gasteiger partial charge in [0.25, 0.3) is 0 Å². The van der Waals surface area contributed by atoms with E-state index in [1.165, 1.54) is 48.8 Å². The molecule has 170 valence electrons. The molecular weight excluding hydrogens is 406 g/mol. The van der Waals surface area contributed by atoms with Crippen molar-refractivity contribution in [2.24, 2.45) is 5.92 Å². The minimum atomic E-state index is 0.0429. The summed E-state index contributed by atoms with van der Waals surface area (Å²) in [6.07, 6.45) is 11.4. The highest BCUT2D eigenvalue weighted by Crippen LogP contribution is 2.34. The Bertz CT molecular complexity index is 1100. The molecule has 2 aromatic carbocycles. The van der Waals surface area contributed by atoms with Crippen molar-refractivity contribution in [3.8, 4) is 11.3 Å². The summed E-state index contributed by atoms with van der Waals surface area (Å²) in [5.74, 6) is 1.38. The van der Waals surface area contributed by atoms with Crippen LogP contribution in [-0.2, 0) is 30.5 Å². The van der Waals surface area contributed by atoms with Crippen molar-refractivity contribution in [1.82, 2.24) is 9.97 Å². The first-order valence-corrected chi connectivity index (χ1v) is 12.6. The second-order valence-corrected chi connectivity index (χ2v) is 9.57. The highest BCUT2D eigenvalue weighted by molar-refractivity contribution is 5.90. The van der Waals surface area contributed by atoms with Crippen molar-refractivity contribution in [2.75, 3.05) is 5.32 Å². The van der Waals surface area contributed by atoms with E-state index in [1.54, 1.807) is 0 Å². The number of benzene rings is 2. The van der Waals surface area contributed by atoms with Crippen LogP contribution in [0.25, 0.3) is 11.3 Å². The lowest BCUT2D eigenvalue weighted by Gasteiger charge is -2.24. The summed E-state index contributed by atoms with van der Waals surface area (Å²) < 4.78 is 0. The Kier molecular flexibility index (Phi) is 6.80. The molecule has 1 N–H and O–H groups in total. The molecule has 2 aliphatic carbocycles. The third-order valence-corrected chi connectivity index (χ3v) is 7.12. The number of anilines is 1. The quantitative estimate of drug-likeness (QED) is 0.468. The summed E-state index contributed by atoms with van der Waals surface area (Å²) in [5.41, 5.74) is 6.83. The van der Waals surface area contributed by atoms with E-state index < -0.39 is 0 Å². The second-order valence-electron chi connectivity index (χ2n) is 9.57. The van der Waals surface area contributed by atoms with E-state index in [0.717, 1.165) is 49.2 Å². The normalized spacial score (nSPS) is 15.5. The maximum absolute atomic E-state index is 12.8. The molecule has 0 atom stereocenters. The fourth-order valence-electron chi connectivity index (χ4n) is 5.32. The van der Waals surface area contributed by atoms with E-state index in [4.69, 9.17) is 9.97 Å². The fourth-order valence-corrected chi connectivity index (χ4v) is 5.32. The maximum atomic E-state index is 12.8. The van der Waals surface area contributed by atoms with Gasteiger partial charge in [0.15, 0.2) is 5.82 Å². The molecule has 1 amide bonds. The van der Waals surface area contributed by atoms with Crippen LogP contribution in [-0.4, -0.2) is 15.9 Å². The zero-order valence-corrected chi connectivity index (χ0v) is 19.4. The number of amides is 1. The Balaban J connectivity index is 1.35. The molecule has 0 aliphatic heterocycles. The lowest BCUT2D eigenvalue weighted by molar-refractivity contribution is -0.116. The molecule has 1 aromatic heterocycles. The molecule has 33 heavy (non-hydrogen) atoms. The summed E-state index contributed by atoms with van der Waals surface area (Å²) in [7, 11) is 0. The van der Waals surface area contributed by atoms with Gasteiger partial charge in [0, 0.05) is 12.0 Å². The van der Waals surface area contributed by atoms with Gasteiger partial charge in [-0.25, -0.2) is 9.97 Å². The zero-order chi connectivity index (χ0) is 22.5. The van der Waals surface area contributed by atoms with Crippen LogP contribution in [0, 0.1) is 5.92 Å². The van der Waals surface area contributed by atoms with Gasteiger partial charge >= 0.3 is 0 Å². The predicted octanol–water partition coefficient (Wildman–Crippen LogP) is 6.33. The molecule has 4 heteroatoms. The third-order valence-electron chi connectivity index (χ3n) is 7.12. The van der Waals surface area contributed by atoms with Gasteiger partial charge in [0.05, 0.1) is 17.1 Å².